The Balaban J connectivity index is -0.0000000654. The Morgan fingerprint density at radius 2 is 1.33 bits per heavy atom. The van der Waals surface area contributed by atoms with E-state index in [0.29, 0.717) is 0 Å². The molecule has 0 aromatic carbocycles. The lowest BCUT2D eigenvalue weighted by Crippen LogP contribution is -2.17. The molecular formula is C13H36Si2. The van der Waals surface area contributed by atoms with Crippen LogP contribution in [-0.2, 0) is 0 Å². The van der Waals surface area contributed by atoms with E-state index < -0.39 is 8.07 Å². The van der Waals surface area contributed by atoms with Gasteiger partial charge in [-0.2, -0.15) is 0 Å². The predicted molar refractivity (Wildman–Crippen MR) is 85.8 cm³/mol. The third-order valence-corrected chi connectivity index (χ3v) is 3.00. The summed E-state index contributed by atoms with van der Waals surface area (Å²) < 4.78 is 0. The standard InChI is InChI=1S/C6H16Si.C3H10Si.C3H6.CH4/c1-5-6-7(2,3)4;1-4(2)3;1-3-2;/h5-6H2,1-4H3;4H,1-3H3;3H,1H2,2H3;1H4. The van der Waals surface area contributed by atoms with Crippen molar-refractivity contribution in [1.29, 1.82) is 0 Å². The molecule has 0 radical (unpaired) electrons. The second-order valence-corrected chi connectivity index (χ2v) is 14.5. The van der Waals surface area contributed by atoms with E-state index in [-0.39, 0.29) is 16.2 Å². The second kappa shape index (κ2) is 16.6. The van der Waals surface area contributed by atoms with Gasteiger partial charge in [0.25, 0.3) is 0 Å². The first-order valence-electron chi connectivity index (χ1n) is 5.78. The summed E-state index contributed by atoms with van der Waals surface area (Å²) in [5.74, 6) is 0. The molecule has 96 valence electrons. The molecule has 0 aromatic rings. The lowest BCUT2D eigenvalue weighted by atomic mass is 10.6. The Morgan fingerprint density at radius 3 is 1.33 bits per heavy atom. The summed E-state index contributed by atoms with van der Waals surface area (Å²) >= 11 is 0. The van der Waals surface area contributed by atoms with Crippen LogP contribution in [0, 0.1) is 0 Å². The highest BCUT2D eigenvalue weighted by molar-refractivity contribution is 6.76. The Hall–Kier alpha value is 0.174. The number of allylic oxidation sites excluding steroid dienone is 1. The summed E-state index contributed by atoms with van der Waals surface area (Å²) in [4.78, 5) is 0. The second-order valence-electron chi connectivity index (χ2n) is 5.45. The summed E-state index contributed by atoms with van der Waals surface area (Å²) in [5, 5.41) is 0. The fourth-order valence-corrected chi connectivity index (χ4v) is 2.25. The highest BCUT2D eigenvalue weighted by Gasteiger charge is 2.09. The molecule has 2 heteroatoms. The highest BCUT2D eigenvalue weighted by atomic mass is 28.3. The van der Waals surface area contributed by atoms with Crippen molar-refractivity contribution in [3.05, 3.63) is 12.7 Å². The van der Waals surface area contributed by atoms with Gasteiger partial charge in [0.2, 0.25) is 0 Å². The maximum Gasteiger partial charge on any atom is 0.0442 e. The topological polar surface area (TPSA) is 0 Å². The van der Waals surface area contributed by atoms with Crippen molar-refractivity contribution < 1.29 is 0 Å². The number of hydrogen-bond acceptors (Lipinski definition) is 0. The van der Waals surface area contributed by atoms with Crippen LogP contribution in [0.5, 0.6) is 0 Å². The molecule has 15 heavy (non-hydrogen) atoms. The van der Waals surface area contributed by atoms with Crippen molar-refractivity contribution in [2.45, 2.75) is 73.0 Å². The third-order valence-electron chi connectivity index (χ3n) is 1.000. The molecule has 0 rings (SSSR count). The molecule has 0 aliphatic heterocycles. The van der Waals surface area contributed by atoms with E-state index in [1.807, 2.05) is 6.92 Å². The molecule has 0 aromatic heterocycles. The van der Waals surface area contributed by atoms with Gasteiger partial charge >= 0.3 is 0 Å². The Kier molecular flexibility index (Phi) is 27.0. The SMILES string of the molecule is C.C=CC.CCC[Si](C)(C)C.C[SiH](C)C. The molecule has 0 saturated carbocycles. The first-order chi connectivity index (χ1) is 6.21. The lowest BCUT2D eigenvalue weighted by Gasteiger charge is -2.12. The van der Waals surface area contributed by atoms with Crippen molar-refractivity contribution in [3.63, 3.8) is 0 Å². The first-order valence-corrected chi connectivity index (χ1v) is 12.9. The minimum Gasteiger partial charge on any atom is -0.103 e. The van der Waals surface area contributed by atoms with Crippen LogP contribution in [0.25, 0.3) is 0 Å². The maximum absolute atomic E-state index is 3.36. The van der Waals surface area contributed by atoms with Crippen LogP contribution in [0.15, 0.2) is 12.7 Å². The van der Waals surface area contributed by atoms with Gasteiger partial charge in [-0.25, -0.2) is 0 Å². The van der Waals surface area contributed by atoms with Crippen molar-refractivity contribution in [3.8, 4) is 0 Å². The maximum atomic E-state index is 3.36. The van der Waals surface area contributed by atoms with Gasteiger partial charge < -0.3 is 0 Å². The highest BCUT2D eigenvalue weighted by Crippen LogP contribution is 2.09. The molecule has 0 atom stereocenters. The van der Waals surface area contributed by atoms with Crippen LogP contribution < -0.4 is 0 Å². The zero-order valence-electron chi connectivity index (χ0n) is 11.8. The van der Waals surface area contributed by atoms with Crippen molar-refractivity contribution in [2.24, 2.45) is 0 Å². The van der Waals surface area contributed by atoms with E-state index in [1.165, 1.54) is 12.5 Å². The van der Waals surface area contributed by atoms with Gasteiger partial charge in [-0.1, -0.05) is 72.2 Å². The fraction of sp³-hybridized carbons (Fsp3) is 0.846. The average Bonchev–Trinajstić information content (AvgIpc) is 1.83. The van der Waals surface area contributed by atoms with E-state index in [0.717, 1.165) is 0 Å². The van der Waals surface area contributed by atoms with Crippen molar-refractivity contribution in [2.75, 3.05) is 0 Å². The van der Waals surface area contributed by atoms with Gasteiger partial charge in [-0.05, 0) is 6.92 Å². The molecule has 0 unspecified atom stereocenters. The van der Waals surface area contributed by atoms with E-state index >= 15 is 0 Å². The van der Waals surface area contributed by atoms with Crippen LogP contribution in [0.3, 0.4) is 0 Å². The van der Waals surface area contributed by atoms with Gasteiger partial charge in [0.15, 0.2) is 0 Å². The van der Waals surface area contributed by atoms with Gasteiger partial charge in [0, 0.05) is 16.9 Å². The molecular weight excluding hydrogens is 212 g/mol. The largest absolute Gasteiger partial charge is 0.103 e. The van der Waals surface area contributed by atoms with Crippen LogP contribution in [-0.4, -0.2) is 16.9 Å². The quantitative estimate of drug-likeness (QED) is 0.436. The fourth-order valence-electron chi connectivity index (χ4n) is 0.750. The van der Waals surface area contributed by atoms with E-state index in [2.05, 4.69) is 52.8 Å². The summed E-state index contributed by atoms with van der Waals surface area (Å²) in [6.45, 7) is 21.7. The monoisotopic (exact) mass is 248 g/mol. The Bertz CT molecular complexity index is 98.8. The molecule has 0 bridgehead atoms. The van der Waals surface area contributed by atoms with E-state index in [9.17, 15) is 0 Å². The van der Waals surface area contributed by atoms with Gasteiger partial charge in [0.05, 0.1) is 0 Å². The molecule has 0 nitrogen and oxygen atoms in total. The average molecular weight is 249 g/mol. The van der Waals surface area contributed by atoms with Crippen molar-refractivity contribution in [1.82, 2.24) is 0 Å². The minimum absolute atomic E-state index is 0. The molecule has 0 fully saturated rings. The first kappa shape index (κ1) is 24.4. The summed E-state index contributed by atoms with van der Waals surface area (Å²) in [6, 6.07) is 1.48. The van der Waals surface area contributed by atoms with Crippen LogP contribution in [0.1, 0.15) is 27.7 Å². The molecule has 0 heterocycles. The van der Waals surface area contributed by atoms with Crippen molar-refractivity contribution >= 4 is 16.9 Å². The molecule has 0 aliphatic carbocycles. The zero-order valence-corrected chi connectivity index (χ0v) is 13.9. The number of rotatable bonds is 2. The van der Waals surface area contributed by atoms with Crippen LogP contribution in [0.2, 0.25) is 45.3 Å². The number of hydrogen-bond donors (Lipinski definition) is 0. The summed E-state index contributed by atoms with van der Waals surface area (Å²) in [6.07, 6.45) is 3.12. The van der Waals surface area contributed by atoms with E-state index in [1.54, 1.807) is 6.08 Å². The van der Waals surface area contributed by atoms with Crippen LogP contribution in [0.4, 0.5) is 0 Å². The van der Waals surface area contributed by atoms with Gasteiger partial charge in [-0.3, -0.25) is 0 Å². The zero-order chi connectivity index (χ0) is 12.2. The van der Waals surface area contributed by atoms with Crippen LogP contribution >= 0.6 is 0 Å². The third kappa shape index (κ3) is 121. The van der Waals surface area contributed by atoms with Gasteiger partial charge in [0.1, 0.15) is 0 Å². The lowest BCUT2D eigenvalue weighted by molar-refractivity contribution is 1.05. The Labute approximate surface area is 103 Å². The predicted octanol–water partition coefficient (Wildman–Crippen LogP) is 5.67. The van der Waals surface area contributed by atoms with E-state index in [4.69, 9.17) is 0 Å². The molecule has 0 saturated heterocycles. The molecule has 0 amide bonds. The summed E-state index contributed by atoms with van der Waals surface area (Å²) in [5.41, 5.74) is 0. The minimum atomic E-state index is -0.657. The molecule has 0 spiro atoms. The summed E-state index contributed by atoms with van der Waals surface area (Å²) in [7, 11) is -0.796. The molecule has 0 aliphatic rings. The smallest absolute Gasteiger partial charge is 0.0442 e. The Morgan fingerprint density at radius 1 is 1.13 bits per heavy atom. The molecule has 0 N–H and O–H groups in total. The van der Waals surface area contributed by atoms with Gasteiger partial charge in [-0.15, -0.1) is 6.58 Å². The normalized spacial score (nSPS) is 8.87.